The molecule has 4 nitrogen and oxygen atoms in total. The Morgan fingerprint density at radius 3 is 2.85 bits per heavy atom. The zero-order chi connectivity index (χ0) is 14.1. The fourth-order valence-electron chi connectivity index (χ4n) is 1.97. The lowest BCUT2D eigenvalue weighted by Gasteiger charge is -2.00. The molecule has 20 heavy (non-hydrogen) atoms. The van der Waals surface area contributed by atoms with Gasteiger partial charge in [-0.2, -0.15) is 0 Å². The normalized spacial score (nSPS) is 10.7. The molecule has 0 bridgehead atoms. The average molecular weight is 331 g/mol. The van der Waals surface area contributed by atoms with Gasteiger partial charge in [0.05, 0.1) is 0 Å². The summed E-state index contributed by atoms with van der Waals surface area (Å²) in [7, 11) is 0. The maximum absolute atomic E-state index is 9.90. The molecule has 3 rings (SSSR count). The maximum atomic E-state index is 9.90. The van der Waals surface area contributed by atoms with Gasteiger partial charge in [-0.05, 0) is 36.8 Å². The van der Waals surface area contributed by atoms with Crippen LogP contribution in [0, 0.1) is 6.92 Å². The zero-order valence-corrected chi connectivity index (χ0v) is 12.3. The Balaban J connectivity index is 2.07. The molecule has 0 spiro atoms. The van der Waals surface area contributed by atoms with Crippen LogP contribution in [0.4, 0.5) is 0 Å². The molecule has 0 amide bonds. The van der Waals surface area contributed by atoms with Crippen molar-refractivity contribution in [3.8, 4) is 28.5 Å². The van der Waals surface area contributed by atoms with E-state index in [9.17, 15) is 5.11 Å². The van der Waals surface area contributed by atoms with Crippen molar-refractivity contribution in [2.45, 2.75) is 6.92 Å². The van der Waals surface area contributed by atoms with Crippen LogP contribution in [0.5, 0.6) is 5.75 Å². The Kier molecular flexibility index (Phi) is 3.28. The molecule has 5 heteroatoms. The van der Waals surface area contributed by atoms with Crippen molar-refractivity contribution in [3.05, 3.63) is 52.6 Å². The molecular formula is C15H11BrN2O2. The highest BCUT2D eigenvalue weighted by molar-refractivity contribution is 9.10. The van der Waals surface area contributed by atoms with Crippen LogP contribution in [0.25, 0.3) is 22.7 Å². The molecule has 0 radical (unpaired) electrons. The second-order valence-corrected chi connectivity index (χ2v) is 5.32. The minimum atomic E-state index is 0.158. The smallest absolute Gasteiger partial charge is 0.186 e. The van der Waals surface area contributed by atoms with Crippen molar-refractivity contribution in [3.63, 3.8) is 0 Å². The summed E-state index contributed by atoms with van der Waals surface area (Å²) in [5.74, 6) is 0.739. The summed E-state index contributed by atoms with van der Waals surface area (Å²) in [6.45, 7) is 1.96. The molecule has 0 saturated carbocycles. The Morgan fingerprint density at radius 1 is 1.20 bits per heavy atom. The van der Waals surface area contributed by atoms with Crippen molar-refractivity contribution < 1.29 is 9.63 Å². The summed E-state index contributed by atoms with van der Waals surface area (Å²) in [6.07, 6.45) is 1.71. The van der Waals surface area contributed by atoms with Gasteiger partial charge in [-0.25, -0.2) is 0 Å². The van der Waals surface area contributed by atoms with E-state index in [0.29, 0.717) is 17.0 Å². The van der Waals surface area contributed by atoms with E-state index in [4.69, 9.17) is 4.52 Å². The van der Waals surface area contributed by atoms with E-state index in [-0.39, 0.29) is 5.75 Å². The lowest BCUT2D eigenvalue weighted by Crippen LogP contribution is -1.84. The molecule has 2 heterocycles. The van der Waals surface area contributed by atoms with Gasteiger partial charge in [0.25, 0.3) is 0 Å². The summed E-state index contributed by atoms with van der Waals surface area (Å²) >= 11 is 3.38. The van der Waals surface area contributed by atoms with Gasteiger partial charge in [-0.15, -0.1) is 0 Å². The SMILES string of the molecule is Cc1cccnc1-c1cc(-c2cc(Br)ccc2O)no1. The Hall–Kier alpha value is -2.14. The third-order valence-corrected chi connectivity index (χ3v) is 3.48. The second-order valence-electron chi connectivity index (χ2n) is 4.41. The predicted octanol–water partition coefficient (Wildman–Crippen LogP) is 4.18. The minimum Gasteiger partial charge on any atom is -0.507 e. The highest BCUT2D eigenvalue weighted by Crippen LogP contribution is 2.33. The number of nitrogens with zero attached hydrogens (tertiary/aromatic N) is 2. The first-order chi connectivity index (χ1) is 9.65. The highest BCUT2D eigenvalue weighted by atomic mass is 79.9. The summed E-state index contributed by atoms with van der Waals surface area (Å²) in [5.41, 5.74) is 2.95. The fraction of sp³-hybridized carbons (Fsp3) is 0.0667. The van der Waals surface area contributed by atoms with E-state index in [1.54, 1.807) is 30.5 Å². The third kappa shape index (κ3) is 2.32. The van der Waals surface area contributed by atoms with Crippen molar-refractivity contribution in [1.29, 1.82) is 0 Å². The summed E-state index contributed by atoms with van der Waals surface area (Å²) in [5, 5.41) is 13.9. The van der Waals surface area contributed by atoms with E-state index < -0.39 is 0 Å². The lowest BCUT2D eigenvalue weighted by molar-refractivity contribution is 0.432. The maximum Gasteiger partial charge on any atom is 0.186 e. The Labute approximate surface area is 124 Å². The molecule has 0 atom stereocenters. The van der Waals surface area contributed by atoms with E-state index in [1.807, 2.05) is 19.1 Å². The topological polar surface area (TPSA) is 59.2 Å². The summed E-state index contributed by atoms with van der Waals surface area (Å²) in [6, 6.07) is 10.8. The van der Waals surface area contributed by atoms with Crippen molar-refractivity contribution in [1.82, 2.24) is 10.1 Å². The average Bonchev–Trinajstić information content (AvgIpc) is 2.91. The lowest BCUT2D eigenvalue weighted by atomic mass is 10.1. The molecule has 100 valence electrons. The number of halogens is 1. The predicted molar refractivity (Wildman–Crippen MR) is 79.3 cm³/mol. The van der Waals surface area contributed by atoms with Crippen molar-refractivity contribution in [2.24, 2.45) is 0 Å². The van der Waals surface area contributed by atoms with Crippen LogP contribution in [0.3, 0.4) is 0 Å². The molecular weight excluding hydrogens is 320 g/mol. The van der Waals surface area contributed by atoms with E-state index in [1.165, 1.54) is 0 Å². The largest absolute Gasteiger partial charge is 0.507 e. The van der Waals surface area contributed by atoms with Crippen LogP contribution >= 0.6 is 15.9 Å². The summed E-state index contributed by atoms with van der Waals surface area (Å²) in [4.78, 5) is 4.29. The number of phenols is 1. The monoisotopic (exact) mass is 330 g/mol. The van der Waals surface area contributed by atoms with Gasteiger partial charge in [0, 0.05) is 22.3 Å². The second kappa shape index (κ2) is 5.09. The van der Waals surface area contributed by atoms with Gasteiger partial charge in [-0.3, -0.25) is 4.98 Å². The van der Waals surface area contributed by atoms with E-state index >= 15 is 0 Å². The molecule has 0 aliphatic carbocycles. The van der Waals surface area contributed by atoms with Gasteiger partial charge in [-0.1, -0.05) is 27.2 Å². The number of hydrogen-bond acceptors (Lipinski definition) is 4. The van der Waals surface area contributed by atoms with Crippen LogP contribution < -0.4 is 0 Å². The number of benzene rings is 1. The number of hydrogen-bond donors (Lipinski definition) is 1. The van der Waals surface area contributed by atoms with E-state index in [0.717, 1.165) is 15.7 Å². The van der Waals surface area contributed by atoms with E-state index in [2.05, 4.69) is 26.1 Å². The first kappa shape index (κ1) is 12.9. The number of aryl methyl sites for hydroxylation is 1. The quantitative estimate of drug-likeness (QED) is 0.765. The van der Waals surface area contributed by atoms with Gasteiger partial charge < -0.3 is 9.63 Å². The molecule has 0 aliphatic heterocycles. The first-order valence-electron chi connectivity index (χ1n) is 6.03. The van der Waals surface area contributed by atoms with Crippen LogP contribution in [-0.2, 0) is 0 Å². The number of phenolic OH excluding ortho intramolecular Hbond substituents is 1. The van der Waals surface area contributed by atoms with Crippen LogP contribution in [0.2, 0.25) is 0 Å². The molecule has 0 saturated heterocycles. The molecule has 2 aromatic heterocycles. The standard InChI is InChI=1S/C15H11BrN2O2/c1-9-3-2-6-17-15(9)14-8-12(18-20-14)11-7-10(16)4-5-13(11)19/h2-8,19H,1H3. The number of pyridine rings is 1. The highest BCUT2D eigenvalue weighted by Gasteiger charge is 2.14. The zero-order valence-electron chi connectivity index (χ0n) is 10.7. The molecule has 0 fully saturated rings. The van der Waals surface area contributed by atoms with Gasteiger partial charge in [0.1, 0.15) is 17.1 Å². The molecule has 1 aromatic carbocycles. The molecule has 0 unspecified atom stereocenters. The van der Waals surface area contributed by atoms with Crippen LogP contribution in [0.1, 0.15) is 5.56 Å². The van der Waals surface area contributed by atoms with Crippen molar-refractivity contribution in [2.75, 3.05) is 0 Å². The number of rotatable bonds is 2. The Morgan fingerprint density at radius 2 is 2.05 bits per heavy atom. The molecule has 0 aliphatic rings. The first-order valence-corrected chi connectivity index (χ1v) is 6.82. The number of aromatic nitrogens is 2. The molecule has 1 N–H and O–H groups in total. The van der Waals surface area contributed by atoms with Gasteiger partial charge in [0.2, 0.25) is 0 Å². The van der Waals surface area contributed by atoms with Crippen LogP contribution in [-0.4, -0.2) is 15.2 Å². The van der Waals surface area contributed by atoms with Gasteiger partial charge in [0.15, 0.2) is 5.76 Å². The minimum absolute atomic E-state index is 0.158. The summed E-state index contributed by atoms with van der Waals surface area (Å²) < 4.78 is 6.21. The fourth-order valence-corrected chi connectivity index (χ4v) is 2.33. The van der Waals surface area contributed by atoms with Gasteiger partial charge >= 0.3 is 0 Å². The Bertz CT molecular complexity index is 768. The third-order valence-electron chi connectivity index (χ3n) is 2.99. The molecule has 3 aromatic rings. The number of aromatic hydroxyl groups is 1. The van der Waals surface area contributed by atoms with Crippen LogP contribution in [0.15, 0.2) is 51.6 Å². The van der Waals surface area contributed by atoms with Crippen molar-refractivity contribution >= 4 is 15.9 Å².